The van der Waals surface area contributed by atoms with Crippen molar-refractivity contribution in [2.75, 3.05) is 13.2 Å². The first-order valence-electron chi connectivity index (χ1n) is 16.4. The third kappa shape index (κ3) is 13.3. The van der Waals surface area contributed by atoms with Crippen LogP contribution < -0.4 is 0 Å². The van der Waals surface area contributed by atoms with E-state index in [0.717, 1.165) is 17.5 Å². The molecule has 45 heavy (non-hydrogen) atoms. The van der Waals surface area contributed by atoms with E-state index in [-0.39, 0.29) is 54.6 Å². The van der Waals surface area contributed by atoms with Crippen LogP contribution in [0.1, 0.15) is 117 Å². The van der Waals surface area contributed by atoms with Crippen molar-refractivity contribution in [3.05, 3.63) is 65.7 Å². The van der Waals surface area contributed by atoms with Crippen LogP contribution in [0.15, 0.2) is 54.6 Å². The van der Waals surface area contributed by atoms with Crippen molar-refractivity contribution in [1.29, 1.82) is 0 Å². The zero-order chi connectivity index (χ0) is 33.8. The molecule has 7 nitrogen and oxygen atoms in total. The molecule has 0 bridgehead atoms. The van der Waals surface area contributed by atoms with E-state index >= 15 is 0 Å². The number of hydrogen-bond donors (Lipinski definition) is 1. The highest BCUT2D eigenvalue weighted by Crippen LogP contribution is 2.37. The predicted molar refractivity (Wildman–Crippen MR) is 178 cm³/mol. The highest BCUT2D eigenvalue weighted by Gasteiger charge is 2.33. The van der Waals surface area contributed by atoms with Crippen LogP contribution in [0.3, 0.4) is 0 Å². The van der Waals surface area contributed by atoms with Crippen LogP contribution in [-0.4, -0.2) is 41.8 Å². The highest BCUT2D eigenvalue weighted by atomic mass is 16.6. The Kier molecular flexibility index (Phi) is 14.6. The lowest BCUT2D eigenvalue weighted by atomic mass is 9.78. The van der Waals surface area contributed by atoms with Crippen molar-refractivity contribution < 1.29 is 33.7 Å². The first-order chi connectivity index (χ1) is 21.0. The largest absolute Gasteiger partial charge is 0.508 e. The minimum Gasteiger partial charge on any atom is -0.508 e. The van der Waals surface area contributed by atoms with E-state index in [1.54, 1.807) is 12.1 Å². The second-order valence-electron chi connectivity index (χ2n) is 14.3. The summed E-state index contributed by atoms with van der Waals surface area (Å²) in [5.41, 5.74) is 0.961. The molecule has 0 radical (unpaired) electrons. The van der Waals surface area contributed by atoms with Gasteiger partial charge in [0, 0.05) is 5.41 Å². The van der Waals surface area contributed by atoms with E-state index in [4.69, 9.17) is 14.2 Å². The molecule has 0 saturated carbocycles. The zero-order valence-electron chi connectivity index (χ0n) is 28.9. The molecule has 0 heterocycles. The smallest absolute Gasteiger partial charge is 0.309 e. The van der Waals surface area contributed by atoms with E-state index in [2.05, 4.69) is 6.92 Å². The summed E-state index contributed by atoms with van der Waals surface area (Å²) in [6, 6.07) is 17.2. The van der Waals surface area contributed by atoms with Gasteiger partial charge in [0.1, 0.15) is 11.4 Å². The molecule has 2 aromatic carbocycles. The summed E-state index contributed by atoms with van der Waals surface area (Å²) in [5.74, 6) is -1.60. The second-order valence-corrected chi connectivity index (χ2v) is 14.3. The van der Waals surface area contributed by atoms with Crippen molar-refractivity contribution in [2.45, 2.75) is 112 Å². The van der Waals surface area contributed by atoms with Crippen LogP contribution >= 0.6 is 0 Å². The van der Waals surface area contributed by atoms with Crippen molar-refractivity contribution in [3.63, 3.8) is 0 Å². The van der Waals surface area contributed by atoms with Gasteiger partial charge in [0.2, 0.25) is 0 Å². The van der Waals surface area contributed by atoms with Gasteiger partial charge in [-0.1, -0.05) is 84.0 Å². The number of aromatic hydroxyl groups is 1. The summed E-state index contributed by atoms with van der Waals surface area (Å²) in [4.78, 5) is 39.1. The quantitative estimate of drug-likeness (QED) is 0.139. The fraction of sp³-hybridized carbons (Fsp3) is 0.605. The van der Waals surface area contributed by atoms with Crippen LogP contribution in [0.4, 0.5) is 0 Å². The molecule has 0 spiro atoms. The average Bonchev–Trinajstić information content (AvgIpc) is 2.99. The molecular weight excluding hydrogens is 568 g/mol. The molecule has 5 unspecified atom stereocenters. The van der Waals surface area contributed by atoms with Gasteiger partial charge in [0.25, 0.3) is 0 Å². The molecule has 0 aliphatic rings. The Hall–Kier alpha value is -3.35. The molecule has 0 fully saturated rings. The van der Waals surface area contributed by atoms with Gasteiger partial charge in [-0.25, -0.2) is 0 Å². The lowest BCUT2D eigenvalue weighted by Gasteiger charge is -2.30. The molecule has 2 aromatic rings. The maximum Gasteiger partial charge on any atom is 0.309 e. The van der Waals surface area contributed by atoms with E-state index in [0.29, 0.717) is 25.7 Å². The highest BCUT2D eigenvalue weighted by molar-refractivity contribution is 5.74. The van der Waals surface area contributed by atoms with Crippen LogP contribution in [-0.2, 0) is 28.6 Å². The van der Waals surface area contributed by atoms with Gasteiger partial charge >= 0.3 is 17.9 Å². The van der Waals surface area contributed by atoms with Gasteiger partial charge in [-0.2, -0.15) is 0 Å². The average molecular weight is 625 g/mol. The van der Waals surface area contributed by atoms with Crippen molar-refractivity contribution in [2.24, 2.45) is 23.2 Å². The Labute approximate surface area is 271 Å². The van der Waals surface area contributed by atoms with Gasteiger partial charge < -0.3 is 19.3 Å². The zero-order valence-corrected chi connectivity index (χ0v) is 28.9. The Morgan fingerprint density at radius 2 is 1.18 bits per heavy atom. The number of esters is 3. The molecule has 0 amide bonds. The molecule has 0 aromatic heterocycles. The first kappa shape index (κ1) is 37.8. The first-order valence-corrected chi connectivity index (χ1v) is 16.4. The van der Waals surface area contributed by atoms with Gasteiger partial charge in [-0.3, -0.25) is 14.4 Å². The summed E-state index contributed by atoms with van der Waals surface area (Å²) >= 11 is 0. The SMILES string of the molecule is CCC(C)C(=O)OCC(C)(C)COC(=O)C(C)CC(CC(CC(CC)c1ccc(O)cc1)C(=O)OC(C)(C)C)c1ccccc1. The van der Waals surface area contributed by atoms with Gasteiger partial charge in [-0.15, -0.1) is 0 Å². The molecule has 2 rings (SSSR count). The molecule has 0 aliphatic carbocycles. The van der Waals surface area contributed by atoms with Crippen LogP contribution in [0.5, 0.6) is 5.75 Å². The number of phenolic OH excluding ortho intramolecular Hbond substituents is 1. The number of phenols is 1. The Morgan fingerprint density at radius 3 is 1.69 bits per heavy atom. The fourth-order valence-electron chi connectivity index (χ4n) is 5.29. The predicted octanol–water partition coefficient (Wildman–Crippen LogP) is 8.59. The molecule has 5 atom stereocenters. The lowest BCUT2D eigenvalue weighted by Crippen LogP contribution is -2.32. The maximum absolute atomic E-state index is 13.7. The summed E-state index contributed by atoms with van der Waals surface area (Å²) in [5, 5.41) is 9.81. The Morgan fingerprint density at radius 1 is 0.667 bits per heavy atom. The topological polar surface area (TPSA) is 99.1 Å². The van der Waals surface area contributed by atoms with Gasteiger partial charge in [0.15, 0.2) is 0 Å². The minimum atomic E-state index is -0.634. The van der Waals surface area contributed by atoms with Crippen molar-refractivity contribution in [1.82, 2.24) is 0 Å². The minimum absolute atomic E-state index is 0.0897. The monoisotopic (exact) mass is 624 g/mol. The molecular formula is C38H56O7. The second kappa shape index (κ2) is 17.4. The molecule has 7 heteroatoms. The van der Waals surface area contributed by atoms with E-state index < -0.39 is 22.9 Å². The van der Waals surface area contributed by atoms with Gasteiger partial charge in [0.05, 0.1) is 31.0 Å². The van der Waals surface area contributed by atoms with Crippen LogP contribution in [0, 0.1) is 23.2 Å². The maximum atomic E-state index is 13.7. The van der Waals surface area contributed by atoms with E-state index in [9.17, 15) is 19.5 Å². The van der Waals surface area contributed by atoms with Crippen LogP contribution in [0.2, 0.25) is 0 Å². The Balaban J connectivity index is 2.23. The summed E-state index contributed by atoms with van der Waals surface area (Å²) in [6.45, 7) is 17.5. The number of carbonyl (C=O) groups is 3. The molecule has 0 saturated heterocycles. The summed E-state index contributed by atoms with van der Waals surface area (Å²) in [7, 11) is 0. The van der Waals surface area contributed by atoms with E-state index in [1.807, 2.05) is 97.9 Å². The third-order valence-electron chi connectivity index (χ3n) is 8.27. The molecule has 1 N–H and O–H groups in total. The lowest BCUT2D eigenvalue weighted by molar-refractivity contribution is -0.161. The number of ether oxygens (including phenoxy) is 3. The van der Waals surface area contributed by atoms with Crippen LogP contribution in [0.25, 0.3) is 0 Å². The Bertz CT molecular complexity index is 1200. The standard InChI is InChI=1S/C38H56O7/c1-10-26(3)34(40)43-24-38(8,9)25-44-35(41)27(4)21-31(29-15-13-12-14-16-29)23-32(36(42)45-37(5,6)7)22-28(11-2)30-17-19-33(39)20-18-30/h12-20,26-28,31-32,39H,10-11,21-25H2,1-9H3. The normalized spacial score (nSPS) is 15.3. The third-order valence-corrected chi connectivity index (χ3v) is 8.27. The summed E-state index contributed by atoms with van der Waals surface area (Å²) < 4.78 is 17.1. The fourth-order valence-corrected chi connectivity index (χ4v) is 5.29. The van der Waals surface area contributed by atoms with Gasteiger partial charge in [-0.05, 0) is 88.0 Å². The molecule has 250 valence electrons. The number of benzene rings is 2. The van der Waals surface area contributed by atoms with Crippen molar-refractivity contribution in [3.8, 4) is 5.75 Å². The summed E-state index contributed by atoms with van der Waals surface area (Å²) in [6.07, 6.45) is 3.13. The van der Waals surface area contributed by atoms with E-state index in [1.165, 1.54) is 0 Å². The molecule has 0 aliphatic heterocycles. The number of rotatable bonds is 17. The number of hydrogen-bond acceptors (Lipinski definition) is 7. The number of carbonyl (C=O) groups excluding carboxylic acids is 3. The van der Waals surface area contributed by atoms with Crippen molar-refractivity contribution >= 4 is 17.9 Å².